The van der Waals surface area contributed by atoms with E-state index in [1.807, 2.05) is 0 Å². The van der Waals surface area contributed by atoms with E-state index in [9.17, 15) is 14.7 Å². The topological polar surface area (TPSA) is 76.1 Å². The van der Waals surface area contributed by atoms with Crippen LogP contribution in [0.5, 0.6) is 0 Å². The van der Waals surface area contributed by atoms with Gasteiger partial charge in [-0.1, -0.05) is 12.1 Å². The Morgan fingerprint density at radius 2 is 1.95 bits per heavy atom. The van der Waals surface area contributed by atoms with E-state index in [0.29, 0.717) is 22.8 Å². The maximum atomic E-state index is 12.0. The van der Waals surface area contributed by atoms with Crippen molar-refractivity contribution < 1.29 is 24.3 Å². The Morgan fingerprint density at radius 1 is 1.30 bits per heavy atom. The quantitative estimate of drug-likeness (QED) is 0.659. The molecule has 1 aromatic rings. The van der Waals surface area contributed by atoms with Crippen LogP contribution in [0.15, 0.2) is 24.3 Å². The van der Waals surface area contributed by atoms with Crippen LogP contribution in [0, 0.1) is 0 Å². The number of ether oxygens (including phenoxy) is 1. The number of carbonyl (C=O) groups excluding carboxylic acids is 2. The van der Waals surface area contributed by atoms with E-state index in [1.54, 1.807) is 24.3 Å². The highest BCUT2D eigenvalue weighted by molar-refractivity contribution is 6.20. The van der Waals surface area contributed by atoms with Crippen molar-refractivity contribution in [2.75, 3.05) is 6.61 Å². The van der Waals surface area contributed by atoms with Crippen molar-refractivity contribution in [1.29, 1.82) is 0 Å². The number of aliphatic hydroxyl groups is 1. The monoisotopic (exact) mass is 277 g/mol. The molecule has 106 valence electrons. The summed E-state index contributed by atoms with van der Waals surface area (Å²) in [7, 11) is 0. The summed E-state index contributed by atoms with van der Waals surface area (Å²) in [4.78, 5) is 29.1. The van der Waals surface area contributed by atoms with Crippen LogP contribution in [0.2, 0.25) is 0 Å². The first-order valence-electron chi connectivity index (χ1n) is 6.61. The van der Waals surface area contributed by atoms with Gasteiger partial charge in [-0.3, -0.25) is 9.59 Å². The van der Waals surface area contributed by atoms with E-state index in [-0.39, 0.29) is 12.5 Å². The summed E-state index contributed by atoms with van der Waals surface area (Å²) in [5.41, 5.74) is 0.587. The fourth-order valence-corrected chi connectivity index (χ4v) is 2.48. The molecule has 1 saturated heterocycles. The molecule has 2 aliphatic rings. The number of carbonyl (C=O) groups is 2. The van der Waals surface area contributed by atoms with Gasteiger partial charge >= 0.3 is 0 Å². The lowest BCUT2D eigenvalue weighted by atomic mass is 10.1. The third-order valence-corrected chi connectivity index (χ3v) is 3.47. The van der Waals surface area contributed by atoms with Gasteiger partial charge < -0.3 is 9.84 Å². The van der Waals surface area contributed by atoms with Gasteiger partial charge in [0.05, 0.1) is 17.2 Å². The second-order valence-corrected chi connectivity index (χ2v) is 4.88. The first-order chi connectivity index (χ1) is 9.66. The molecule has 6 nitrogen and oxygen atoms in total. The number of benzene rings is 1. The van der Waals surface area contributed by atoms with Gasteiger partial charge in [-0.2, -0.15) is 0 Å². The SMILES string of the molecule is O=C1c2ccccc2C(=O)N1OC(O)CC1CCCO1. The third kappa shape index (κ3) is 2.33. The number of hydrogen-bond donors (Lipinski definition) is 1. The van der Waals surface area contributed by atoms with Crippen LogP contribution < -0.4 is 0 Å². The first kappa shape index (κ1) is 13.2. The van der Waals surface area contributed by atoms with Gasteiger partial charge in [-0.05, 0) is 25.0 Å². The normalized spacial score (nSPS) is 23.2. The van der Waals surface area contributed by atoms with Crippen LogP contribution >= 0.6 is 0 Å². The lowest BCUT2D eigenvalue weighted by Gasteiger charge is -2.20. The summed E-state index contributed by atoms with van der Waals surface area (Å²) in [5.74, 6) is -1.09. The fourth-order valence-electron chi connectivity index (χ4n) is 2.48. The predicted molar refractivity (Wildman–Crippen MR) is 67.6 cm³/mol. The van der Waals surface area contributed by atoms with E-state index in [2.05, 4.69) is 0 Å². The number of amides is 2. The molecule has 0 spiro atoms. The summed E-state index contributed by atoms with van der Waals surface area (Å²) >= 11 is 0. The Labute approximate surface area is 115 Å². The van der Waals surface area contributed by atoms with Crippen molar-refractivity contribution >= 4 is 11.8 Å². The van der Waals surface area contributed by atoms with Gasteiger partial charge in [0.2, 0.25) is 0 Å². The summed E-state index contributed by atoms with van der Waals surface area (Å²) in [6, 6.07) is 6.48. The van der Waals surface area contributed by atoms with Crippen LogP contribution in [-0.4, -0.2) is 41.0 Å². The Bertz CT molecular complexity index is 503. The minimum atomic E-state index is -1.24. The summed E-state index contributed by atoms with van der Waals surface area (Å²) in [6.07, 6.45) is 0.723. The molecule has 3 rings (SSSR count). The summed E-state index contributed by atoms with van der Waals surface area (Å²) in [5, 5.41) is 10.5. The maximum absolute atomic E-state index is 12.0. The lowest BCUT2D eigenvalue weighted by Crippen LogP contribution is -2.35. The highest BCUT2D eigenvalue weighted by Gasteiger charge is 2.38. The van der Waals surface area contributed by atoms with Crippen molar-refractivity contribution in [3.05, 3.63) is 35.4 Å². The molecule has 2 aliphatic heterocycles. The maximum Gasteiger partial charge on any atom is 0.285 e. The number of fused-ring (bicyclic) bond motifs is 1. The lowest BCUT2D eigenvalue weighted by molar-refractivity contribution is -0.221. The number of hydroxylamine groups is 2. The molecule has 2 amide bonds. The van der Waals surface area contributed by atoms with Gasteiger partial charge in [0.1, 0.15) is 0 Å². The number of imide groups is 1. The molecule has 1 N–H and O–H groups in total. The zero-order valence-electron chi connectivity index (χ0n) is 10.8. The molecule has 1 aromatic carbocycles. The van der Waals surface area contributed by atoms with E-state index < -0.39 is 18.1 Å². The second-order valence-electron chi connectivity index (χ2n) is 4.88. The zero-order valence-corrected chi connectivity index (χ0v) is 10.8. The Balaban J connectivity index is 1.66. The molecule has 2 unspecified atom stereocenters. The van der Waals surface area contributed by atoms with Crippen molar-refractivity contribution in [3.8, 4) is 0 Å². The predicted octanol–water partition coefficient (Wildman–Crippen LogP) is 1.10. The summed E-state index contributed by atoms with van der Waals surface area (Å²) in [6.45, 7) is 0.671. The van der Waals surface area contributed by atoms with E-state index >= 15 is 0 Å². The number of nitrogens with zero attached hydrogens (tertiary/aromatic N) is 1. The van der Waals surface area contributed by atoms with E-state index in [0.717, 1.165) is 12.8 Å². The van der Waals surface area contributed by atoms with Gasteiger partial charge in [0.25, 0.3) is 11.8 Å². The zero-order chi connectivity index (χ0) is 14.1. The molecule has 0 saturated carbocycles. The van der Waals surface area contributed by atoms with Gasteiger partial charge in [-0.25, -0.2) is 4.84 Å². The number of rotatable bonds is 4. The number of aliphatic hydroxyl groups excluding tert-OH is 1. The Hall–Kier alpha value is -1.76. The van der Waals surface area contributed by atoms with Crippen LogP contribution in [0.4, 0.5) is 0 Å². The minimum absolute atomic E-state index is 0.0832. The van der Waals surface area contributed by atoms with Crippen molar-refractivity contribution in [2.24, 2.45) is 0 Å². The Kier molecular flexibility index (Phi) is 3.52. The van der Waals surface area contributed by atoms with Crippen LogP contribution in [0.25, 0.3) is 0 Å². The van der Waals surface area contributed by atoms with Crippen molar-refractivity contribution in [1.82, 2.24) is 5.06 Å². The van der Waals surface area contributed by atoms with Crippen LogP contribution in [0.1, 0.15) is 40.0 Å². The second kappa shape index (κ2) is 5.32. The standard InChI is InChI=1S/C14H15NO5/c16-12(8-9-4-3-7-19-9)20-15-13(17)10-5-1-2-6-11(10)14(15)18/h1-2,5-6,9,12,16H,3-4,7-8H2. The fraction of sp³-hybridized carbons (Fsp3) is 0.429. The van der Waals surface area contributed by atoms with Gasteiger partial charge in [0.15, 0.2) is 6.29 Å². The molecule has 6 heteroatoms. The number of hydrogen-bond acceptors (Lipinski definition) is 5. The molecule has 2 heterocycles. The molecular formula is C14H15NO5. The van der Waals surface area contributed by atoms with Gasteiger partial charge in [-0.15, -0.1) is 5.06 Å². The van der Waals surface area contributed by atoms with Crippen molar-refractivity contribution in [2.45, 2.75) is 31.7 Å². The average Bonchev–Trinajstić information content (AvgIpc) is 3.03. The highest BCUT2D eigenvalue weighted by atomic mass is 16.8. The van der Waals surface area contributed by atoms with E-state index in [1.165, 1.54) is 0 Å². The minimum Gasteiger partial charge on any atom is -0.378 e. The molecular weight excluding hydrogens is 262 g/mol. The first-order valence-corrected chi connectivity index (χ1v) is 6.61. The Morgan fingerprint density at radius 3 is 2.50 bits per heavy atom. The van der Waals surface area contributed by atoms with Crippen molar-refractivity contribution in [3.63, 3.8) is 0 Å². The third-order valence-electron chi connectivity index (χ3n) is 3.47. The van der Waals surface area contributed by atoms with E-state index in [4.69, 9.17) is 9.57 Å². The molecule has 1 fully saturated rings. The average molecular weight is 277 g/mol. The molecule has 0 radical (unpaired) electrons. The van der Waals surface area contributed by atoms with Crippen LogP contribution in [0.3, 0.4) is 0 Å². The van der Waals surface area contributed by atoms with Crippen LogP contribution in [-0.2, 0) is 9.57 Å². The van der Waals surface area contributed by atoms with Gasteiger partial charge in [0, 0.05) is 13.0 Å². The largest absolute Gasteiger partial charge is 0.378 e. The molecule has 2 atom stereocenters. The summed E-state index contributed by atoms with van der Waals surface area (Å²) < 4.78 is 5.38. The molecule has 0 aliphatic carbocycles. The molecule has 0 aromatic heterocycles. The highest BCUT2D eigenvalue weighted by Crippen LogP contribution is 2.24. The smallest absolute Gasteiger partial charge is 0.285 e. The molecule has 0 bridgehead atoms. The molecule has 20 heavy (non-hydrogen) atoms.